The molecule has 2 N–H and O–H groups in total. The van der Waals surface area contributed by atoms with Gasteiger partial charge in [0, 0.05) is 24.6 Å². The summed E-state index contributed by atoms with van der Waals surface area (Å²) in [4.78, 5) is 13.2. The molecule has 0 spiro atoms. The SMILES string of the molecule is CCC(Cc1cc(O)c(C(c2cccc(NS(=O)(=O)n3cccn3)c2)C2CC2)c(=O)o1)c1ccccc1. The van der Waals surface area contributed by atoms with Crippen molar-refractivity contribution in [2.45, 2.75) is 44.4 Å². The highest BCUT2D eigenvalue weighted by Crippen LogP contribution is 2.48. The maximum Gasteiger partial charge on any atom is 0.343 e. The Kier molecular flexibility index (Phi) is 6.88. The van der Waals surface area contributed by atoms with Crippen LogP contribution in [-0.4, -0.2) is 22.7 Å². The Bertz CT molecular complexity index is 1530. The van der Waals surface area contributed by atoms with Crippen LogP contribution in [0.1, 0.15) is 60.5 Å². The standard InChI is InChI=1S/C28H29N3O5S/c1-2-19(20-8-4-3-5-9-20)17-24-18-25(32)27(28(33)36-24)26(21-12-13-21)22-10-6-11-23(16-22)30-37(34,35)31-15-7-14-29-31/h3-11,14-16,18-19,21,26,30,32H,2,12-13,17H2,1H3. The van der Waals surface area contributed by atoms with E-state index in [4.69, 9.17) is 4.42 Å². The number of hydrogen-bond donors (Lipinski definition) is 2. The van der Waals surface area contributed by atoms with Crippen molar-refractivity contribution in [3.05, 3.63) is 112 Å². The van der Waals surface area contributed by atoms with Gasteiger partial charge in [0.05, 0.1) is 17.4 Å². The summed E-state index contributed by atoms with van der Waals surface area (Å²) < 4.78 is 34.3. The molecule has 1 aliphatic rings. The van der Waals surface area contributed by atoms with Crippen molar-refractivity contribution >= 4 is 15.9 Å². The van der Waals surface area contributed by atoms with Crippen molar-refractivity contribution < 1.29 is 17.9 Å². The molecule has 37 heavy (non-hydrogen) atoms. The fourth-order valence-electron chi connectivity index (χ4n) is 4.88. The lowest BCUT2D eigenvalue weighted by Gasteiger charge is -2.20. The van der Waals surface area contributed by atoms with E-state index in [0.717, 1.165) is 34.5 Å². The number of rotatable bonds is 10. The molecule has 2 heterocycles. The van der Waals surface area contributed by atoms with Crippen LogP contribution in [0.25, 0.3) is 0 Å². The highest BCUT2D eigenvalue weighted by molar-refractivity contribution is 7.91. The van der Waals surface area contributed by atoms with Crippen LogP contribution in [-0.2, 0) is 16.6 Å². The predicted molar refractivity (Wildman–Crippen MR) is 141 cm³/mol. The third-order valence-corrected chi connectivity index (χ3v) is 8.05. The van der Waals surface area contributed by atoms with Gasteiger partial charge in [-0.1, -0.05) is 49.4 Å². The van der Waals surface area contributed by atoms with Crippen molar-refractivity contribution in [2.75, 3.05) is 4.72 Å². The third kappa shape index (κ3) is 5.46. The zero-order chi connectivity index (χ0) is 26.0. The number of aromatic hydroxyl groups is 1. The maximum atomic E-state index is 13.2. The number of nitrogens with zero attached hydrogens (tertiary/aromatic N) is 2. The summed E-state index contributed by atoms with van der Waals surface area (Å²) >= 11 is 0. The number of hydrogen-bond acceptors (Lipinski definition) is 6. The lowest BCUT2D eigenvalue weighted by molar-refractivity contribution is 0.395. The number of aromatic nitrogens is 2. The van der Waals surface area contributed by atoms with Gasteiger partial charge in [-0.15, -0.1) is 4.09 Å². The average molecular weight is 520 g/mol. The monoisotopic (exact) mass is 519 g/mol. The Labute approximate surface area is 215 Å². The van der Waals surface area contributed by atoms with Gasteiger partial charge in [0.15, 0.2) is 0 Å². The molecule has 2 atom stereocenters. The van der Waals surface area contributed by atoms with E-state index in [1.807, 2.05) is 24.3 Å². The van der Waals surface area contributed by atoms with Gasteiger partial charge in [0.1, 0.15) is 11.5 Å². The number of benzene rings is 2. The summed E-state index contributed by atoms with van der Waals surface area (Å²) in [5, 5.41) is 14.8. The topological polar surface area (TPSA) is 114 Å². The van der Waals surface area contributed by atoms with E-state index in [1.54, 1.807) is 24.3 Å². The average Bonchev–Trinajstić information content (AvgIpc) is 3.55. The summed E-state index contributed by atoms with van der Waals surface area (Å²) in [5.74, 6) is 0.264. The van der Waals surface area contributed by atoms with Crippen molar-refractivity contribution in [1.29, 1.82) is 0 Å². The second kappa shape index (κ2) is 10.3. The Morgan fingerprint density at radius 3 is 2.49 bits per heavy atom. The quantitative estimate of drug-likeness (QED) is 0.304. The minimum absolute atomic E-state index is 0.0893. The molecule has 0 saturated heterocycles. The zero-order valence-corrected chi connectivity index (χ0v) is 21.3. The Morgan fingerprint density at radius 1 is 1.08 bits per heavy atom. The number of nitrogens with one attached hydrogen (secondary N) is 1. The van der Waals surface area contributed by atoms with Gasteiger partial charge < -0.3 is 9.52 Å². The molecule has 9 heteroatoms. The minimum Gasteiger partial charge on any atom is -0.507 e. The zero-order valence-electron chi connectivity index (χ0n) is 20.4. The van der Waals surface area contributed by atoms with E-state index < -0.39 is 21.8 Å². The lowest BCUT2D eigenvalue weighted by Crippen LogP contribution is -2.22. The van der Waals surface area contributed by atoms with Gasteiger partial charge in [0.25, 0.3) is 0 Å². The van der Waals surface area contributed by atoms with Gasteiger partial charge in [-0.2, -0.15) is 13.5 Å². The van der Waals surface area contributed by atoms with E-state index in [9.17, 15) is 18.3 Å². The lowest BCUT2D eigenvalue weighted by atomic mass is 9.86. The molecule has 192 valence electrons. The Morgan fingerprint density at radius 2 is 1.84 bits per heavy atom. The minimum atomic E-state index is -3.91. The first kappa shape index (κ1) is 24.8. The van der Waals surface area contributed by atoms with E-state index in [1.165, 1.54) is 18.5 Å². The molecule has 4 aromatic rings. The van der Waals surface area contributed by atoms with E-state index in [0.29, 0.717) is 17.9 Å². The molecule has 0 aliphatic heterocycles. The molecule has 2 unspecified atom stereocenters. The summed E-state index contributed by atoms with van der Waals surface area (Å²) in [6.45, 7) is 2.08. The first-order chi connectivity index (χ1) is 17.9. The van der Waals surface area contributed by atoms with Crippen molar-refractivity contribution in [3.63, 3.8) is 0 Å². The molecule has 0 amide bonds. The van der Waals surface area contributed by atoms with Gasteiger partial charge in [-0.3, -0.25) is 4.72 Å². The first-order valence-electron chi connectivity index (χ1n) is 12.4. The molecule has 0 bridgehead atoms. The summed E-state index contributed by atoms with van der Waals surface area (Å²) in [7, 11) is -3.91. The molecule has 2 aromatic carbocycles. The van der Waals surface area contributed by atoms with Gasteiger partial charge in [-0.05, 0) is 60.4 Å². The van der Waals surface area contributed by atoms with Crippen LogP contribution < -0.4 is 10.3 Å². The van der Waals surface area contributed by atoms with Gasteiger partial charge in [0.2, 0.25) is 0 Å². The van der Waals surface area contributed by atoms with Gasteiger partial charge in [-0.25, -0.2) is 4.79 Å². The van der Waals surface area contributed by atoms with E-state index in [2.05, 4.69) is 28.9 Å². The van der Waals surface area contributed by atoms with Crippen molar-refractivity contribution in [2.24, 2.45) is 5.92 Å². The molecule has 1 aliphatic carbocycles. The molecular formula is C28H29N3O5S. The molecular weight excluding hydrogens is 490 g/mol. The molecule has 2 aromatic heterocycles. The van der Waals surface area contributed by atoms with E-state index in [-0.39, 0.29) is 23.1 Å². The summed E-state index contributed by atoms with van der Waals surface area (Å²) in [5.41, 5.74) is 1.88. The van der Waals surface area contributed by atoms with Crippen LogP contribution in [0, 0.1) is 5.92 Å². The normalized spacial score (nSPS) is 15.3. The molecule has 1 saturated carbocycles. The van der Waals surface area contributed by atoms with Crippen LogP contribution in [0.3, 0.4) is 0 Å². The molecule has 5 rings (SSSR count). The van der Waals surface area contributed by atoms with Gasteiger partial charge >= 0.3 is 15.8 Å². The Balaban J connectivity index is 1.44. The molecule has 8 nitrogen and oxygen atoms in total. The summed E-state index contributed by atoms with van der Waals surface area (Å²) in [6.07, 6.45) is 5.89. The van der Waals surface area contributed by atoms with Crippen LogP contribution in [0.4, 0.5) is 5.69 Å². The van der Waals surface area contributed by atoms with Crippen LogP contribution in [0.5, 0.6) is 5.75 Å². The highest BCUT2D eigenvalue weighted by Gasteiger charge is 2.37. The fraction of sp³-hybridized carbons (Fsp3) is 0.286. The number of anilines is 1. The second-order valence-electron chi connectivity index (χ2n) is 9.45. The second-order valence-corrected chi connectivity index (χ2v) is 11.0. The predicted octanol–water partition coefficient (Wildman–Crippen LogP) is 5.03. The molecule has 1 fully saturated rings. The largest absolute Gasteiger partial charge is 0.507 e. The highest BCUT2D eigenvalue weighted by atomic mass is 32.2. The Hall–Kier alpha value is -3.85. The fourth-order valence-corrected chi connectivity index (χ4v) is 5.81. The summed E-state index contributed by atoms with van der Waals surface area (Å²) in [6, 6.07) is 20.0. The van der Waals surface area contributed by atoms with E-state index >= 15 is 0 Å². The van der Waals surface area contributed by atoms with Crippen LogP contribution >= 0.6 is 0 Å². The maximum absolute atomic E-state index is 13.2. The molecule has 0 radical (unpaired) electrons. The smallest absolute Gasteiger partial charge is 0.343 e. The van der Waals surface area contributed by atoms with Crippen LogP contribution in [0.15, 0.2) is 88.3 Å². The van der Waals surface area contributed by atoms with Crippen LogP contribution in [0.2, 0.25) is 0 Å². The van der Waals surface area contributed by atoms with Crippen molar-refractivity contribution in [3.8, 4) is 5.75 Å². The van der Waals surface area contributed by atoms with Crippen molar-refractivity contribution in [1.82, 2.24) is 9.19 Å². The first-order valence-corrected chi connectivity index (χ1v) is 13.8. The third-order valence-electron chi connectivity index (χ3n) is 6.85.